The van der Waals surface area contributed by atoms with Gasteiger partial charge in [0, 0.05) is 29.4 Å². The zero-order chi connectivity index (χ0) is 27.4. The number of amides is 1. The summed E-state index contributed by atoms with van der Waals surface area (Å²) in [5.74, 6) is -3.13. The third-order valence-electron chi connectivity index (χ3n) is 8.42. The van der Waals surface area contributed by atoms with E-state index < -0.39 is 41.8 Å². The highest BCUT2D eigenvalue weighted by Gasteiger charge is 2.46. The Hall–Kier alpha value is -2.98. The summed E-state index contributed by atoms with van der Waals surface area (Å²) in [6, 6.07) is 5.90. The van der Waals surface area contributed by atoms with Gasteiger partial charge >= 0.3 is 18.3 Å². The molecule has 2 heterocycles. The molecule has 1 aliphatic carbocycles. The second-order valence-corrected chi connectivity index (χ2v) is 10.8. The SMILES string of the molecule is O=C(O)C1CC2CCC(C1)N2C(=O)c1ccc2c(C(F)(F)F)c(N[C@H]3CC[C@@H](C(F)(F)F)CC3)ccc2c1. The molecular formula is C27H28F6N2O3. The molecule has 2 saturated heterocycles. The smallest absolute Gasteiger partial charge is 0.418 e. The predicted octanol–water partition coefficient (Wildman–Crippen LogP) is 6.86. The van der Waals surface area contributed by atoms with E-state index in [1.54, 1.807) is 4.90 Å². The number of nitrogens with one attached hydrogen (secondary N) is 1. The molecule has 5 nitrogen and oxygen atoms in total. The Morgan fingerprint density at radius 1 is 0.868 bits per heavy atom. The highest BCUT2D eigenvalue weighted by atomic mass is 19.4. The van der Waals surface area contributed by atoms with Crippen LogP contribution in [0.15, 0.2) is 30.3 Å². The number of hydrogen-bond donors (Lipinski definition) is 2. The molecule has 5 rings (SSSR count). The van der Waals surface area contributed by atoms with Gasteiger partial charge in [0.15, 0.2) is 0 Å². The quantitative estimate of drug-likeness (QED) is 0.414. The molecule has 2 aliphatic heterocycles. The van der Waals surface area contributed by atoms with Crippen molar-refractivity contribution in [2.24, 2.45) is 11.8 Å². The lowest BCUT2D eigenvalue weighted by Gasteiger charge is -2.37. The number of rotatable bonds is 4. The zero-order valence-corrected chi connectivity index (χ0v) is 20.4. The fraction of sp³-hybridized carbons (Fsp3) is 0.556. The minimum Gasteiger partial charge on any atom is -0.481 e. The van der Waals surface area contributed by atoms with E-state index in [-0.39, 0.29) is 65.7 Å². The lowest BCUT2D eigenvalue weighted by Crippen LogP contribution is -2.47. The molecule has 3 aliphatic rings. The van der Waals surface area contributed by atoms with Crippen LogP contribution < -0.4 is 5.32 Å². The van der Waals surface area contributed by atoms with Gasteiger partial charge in [-0.15, -0.1) is 0 Å². The lowest BCUT2D eigenvalue weighted by molar-refractivity contribution is -0.182. The Morgan fingerprint density at radius 2 is 1.50 bits per heavy atom. The van der Waals surface area contributed by atoms with E-state index in [0.717, 1.165) is 0 Å². The Bertz CT molecular complexity index is 1220. The first kappa shape index (κ1) is 26.6. The molecule has 2 aromatic rings. The Kier molecular flexibility index (Phi) is 6.76. The van der Waals surface area contributed by atoms with Crippen molar-refractivity contribution in [1.82, 2.24) is 4.90 Å². The molecule has 0 radical (unpaired) electrons. The number of carbonyl (C=O) groups excluding carboxylic acids is 1. The van der Waals surface area contributed by atoms with E-state index in [0.29, 0.717) is 25.7 Å². The van der Waals surface area contributed by atoms with E-state index in [9.17, 15) is 41.0 Å². The molecule has 0 aromatic heterocycles. The van der Waals surface area contributed by atoms with Gasteiger partial charge in [-0.3, -0.25) is 9.59 Å². The monoisotopic (exact) mass is 542 g/mol. The summed E-state index contributed by atoms with van der Waals surface area (Å²) in [5, 5.41) is 12.3. The van der Waals surface area contributed by atoms with E-state index in [2.05, 4.69) is 5.32 Å². The number of carbonyl (C=O) groups is 2. The van der Waals surface area contributed by atoms with Crippen molar-refractivity contribution in [3.63, 3.8) is 0 Å². The van der Waals surface area contributed by atoms with Crippen molar-refractivity contribution in [2.75, 3.05) is 5.32 Å². The van der Waals surface area contributed by atoms with Gasteiger partial charge in [-0.2, -0.15) is 26.3 Å². The summed E-state index contributed by atoms with van der Waals surface area (Å²) in [6.45, 7) is 0. The number of alkyl halides is 6. The Labute approximate surface area is 215 Å². The standard InChI is InChI=1S/C27H28F6N2O3/c28-26(29,30)17-3-5-18(6-4-17)34-22-10-2-14-11-15(1-9-21(14)23(22)27(31,32)33)24(36)35-19-7-8-20(35)13-16(12-19)25(37)38/h1-2,9-11,16-20,34H,3-8,12-13H2,(H,37,38)/t16?,17-,18+,19?,20?. The number of halogens is 6. The number of nitrogens with zero attached hydrogens (tertiary/aromatic N) is 1. The van der Waals surface area contributed by atoms with Crippen molar-refractivity contribution in [1.29, 1.82) is 0 Å². The third kappa shape index (κ3) is 5.03. The largest absolute Gasteiger partial charge is 0.481 e. The normalized spacial score (nSPS) is 27.9. The van der Waals surface area contributed by atoms with Crippen LogP contribution in [0.5, 0.6) is 0 Å². The van der Waals surface area contributed by atoms with E-state index >= 15 is 0 Å². The van der Waals surface area contributed by atoms with E-state index in [4.69, 9.17) is 0 Å². The first-order valence-corrected chi connectivity index (χ1v) is 12.9. The summed E-state index contributed by atoms with van der Waals surface area (Å²) < 4.78 is 81.5. The van der Waals surface area contributed by atoms with Crippen LogP contribution in [0.3, 0.4) is 0 Å². The molecule has 206 valence electrons. The van der Waals surface area contributed by atoms with Gasteiger partial charge in [0.25, 0.3) is 5.91 Å². The van der Waals surface area contributed by atoms with Gasteiger partial charge in [0.1, 0.15) is 0 Å². The van der Waals surface area contributed by atoms with Crippen LogP contribution in [0.2, 0.25) is 0 Å². The number of benzene rings is 2. The molecule has 38 heavy (non-hydrogen) atoms. The van der Waals surface area contributed by atoms with Gasteiger partial charge in [0.2, 0.25) is 0 Å². The molecular weight excluding hydrogens is 514 g/mol. The van der Waals surface area contributed by atoms with Crippen LogP contribution in [0.25, 0.3) is 10.8 Å². The lowest BCUT2D eigenvalue weighted by atomic mass is 9.85. The number of carboxylic acids is 1. The van der Waals surface area contributed by atoms with Crippen molar-refractivity contribution in [3.05, 3.63) is 41.5 Å². The zero-order valence-electron chi connectivity index (χ0n) is 20.4. The van der Waals surface area contributed by atoms with Crippen molar-refractivity contribution in [2.45, 2.75) is 81.8 Å². The first-order chi connectivity index (χ1) is 17.8. The number of hydrogen-bond acceptors (Lipinski definition) is 3. The number of carboxylic acid groups (broad SMARTS) is 1. The minimum absolute atomic E-state index is 0.101. The number of anilines is 1. The average Bonchev–Trinajstić information content (AvgIpc) is 3.10. The molecule has 0 spiro atoms. The fourth-order valence-electron chi connectivity index (χ4n) is 6.53. The van der Waals surface area contributed by atoms with Crippen LogP contribution in [0.4, 0.5) is 32.0 Å². The predicted molar refractivity (Wildman–Crippen MR) is 128 cm³/mol. The van der Waals surface area contributed by atoms with Crippen LogP contribution in [-0.4, -0.2) is 46.2 Å². The van der Waals surface area contributed by atoms with Crippen molar-refractivity contribution < 1.29 is 41.0 Å². The summed E-state index contributed by atoms with van der Waals surface area (Å²) in [4.78, 5) is 26.5. The molecule has 1 amide bonds. The third-order valence-corrected chi connectivity index (χ3v) is 8.42. The summed E-state index contributed by atoms with van der Waals surface area (Å²) >= 11 is 0. The van der Waals surface area contributed by atoms with E-state index in [1.807, 2.05) is 0 Å². The van der Waals surface area contributed by atoms with Gasteiger partial charge in [-0.1, -0.05) is 12.1 Å². The van der Waals surface area contributed by atoms with Gasteiger partial charge in [-0.25, -0.2) is 0 Å². The van der Waals surface area contributed by atoms with Crippen LogP contribution in [-0.2, 0) is 11.0 Å². The topological polar surface area (TPSA) is 69.6 Å². The summed E-state index contributed by atoms with van der Waals surface area (Å²) in [5.41, 5.74) is -0.856. The first-order valence-electron chi connectivity index (χ1n) is 12.9. The minimum atomic E-state index is -4.73. The average molecular weight is 543 g/mol. The summed E-state index contributed by atoms with van der Waals surface area (Å²) in [6.07, 6.45) is -6.92. The van der Waals surface area contributed by atoms with Gasteiger partial charge < -0.3 is 15.3 Å². The van der Waals surface area contributed by atoms with Gasteiger partial charge in [0.05, 0.1) is 17.4 Å². The maximum Gasteiger partial charge on any atom is 0.418 e. The molecule has 2 N–H and O–H groups in total. The van der Waals surface area contributed by atoms with Crippen LogP contribution in [0.1, 0.15) is 67.3 Å². The summed E-state index contributed by atoms with van der Waals surface area (Å²) in [7, 11) is 0. The number of piperidine rings is 1. The Morgan fingerprint density at radius 3 is 2.05 bits per heavy atom. The molecule has 2 aromatic carbocycles. The fourth-order valence-corrected chi connectivity index (χ4v) is 6.53. The maximum absolute atomic E-state index is 14.2. The molecule has 3 fully saturated rings. The second-order valence-electron chi connectivity index (χ2n) is 10.8. The molecule has 1 saturated carbocycles. The molecule has 2 unspecified atom stereocenters. The van der Waals surface area contributed by atoms with Gasteiger partial charge in [-0.05, 0) is 80.3 Å². The van der Waals surface area contributed by atoms with Crippen LogP contribution in [0, 0.1) is 11.8 Å². The molecule has 2 bridgehead atoms. The number of aliphatic carboxylic acids is 1. The molecule has 11 heteroatoms. The highest BCUT2D eigenvalue weighted by Crippen LogP contribution is 2.44. The highest BCUT2D eigenvalue weighted by molar-refractivity contribution is 6.01. The van der Waals surface area contributed by atoms with Crippen LogP contribution >= 0.6 is 0 Å². The second kappa shape index (κ2) is 9.64. The van der Waals surface area contributed by atoms with Crippen molar-refractivity contribution in [3.8, 4) is 0 Å². The Balaban J connectivity index is 1.39. The molecule has 2 atom stereocenters. The van der Waals surface area contributed by atoms with Crippen molar-refractivity contribution >= 4 is 28.3 Å². The maximum atomic E-state index is 14.2. The van der Waals surface area contributed by atoms with E-state index in [1.165, 1.54) is 30.3 Å². The number of fused-ring (bicyclic) bond motifs is 3.